The van der Waals surface area contributed by atoms with E-state index < -0.39 is 0 Å². The van der Waals surface area contributed by atoms with Gasteiger partial charge in [0.1, 0.15) is 12.6 Å². The highest BCUT2D eigenvalue weighted by molar-refractivity contribution is 9.10. The molecular weight excluding hydrogens is 412 g/mol. The Morgan fingerprint density at radius 1 is 1.11 bits per heavy atom. The molecule has 1 aliphatic heterocycles. The van der Waals surface area contributed by atoms with Gasteiger partial charge in [0.2, 0.25) is 11.8 Å². The zero-order valence-corrected chi connectivity index (χ0v) is 16.4. The summed E-state index contributed by atoms with van der Waals surface area (Å²) in [6, 6.07) is 14.7. The first-order valence-electron chi connectivity index (χ1n) is 8.51. The van der Waals surface area contributed by atoms with Gasteiger partial charge in [0, 0.05) is 29.0 Å². The molecule has 1 heterocycles. The molecule has 1 saturated heterocycles. The van der Waals surface area contributed by atoms with Gasteiger partial charge in [-0.1, -0.05) is 34.1 Å². The van der Waals surface area contributed by atoms with Gasteiger partial charge in [-0.15, -0.1) is 0 Å². The minimum Gasteiger partial charge on any atom is -0.375 e. The van der Waals surface area contributed by atoms with E-state index in [9.17, 15) is 9.59 Å². The number of hydrogen-bond donors (Lipinski definition) is 4. The second kappa shape index (κ2) is 9.09. The highest BCUT2D eigenvalue weighted by Crippen LogP contribution is 2.24. The monoisotopic (exact) mass is 432 g/mol. The number of ether oxygens (including phenoxy) is 1. The van der Waals surface area contributed by atoms with E-state index in [1.54, 1.807) is 24.3 Å². The number of hydrazine groups is 1. The van der Waals surface area contributed by atoms with Gasteiger partial charge in [-0.25, -0.2) is 10.9 Å². The van der Waals surface area contributed by atoms with Crippen LogP contribution in [0.2, 0.25) is 0 Å². The molecule has 0 aliphatic carbocycles. The molecule has 2 atom stereocenters. The van der Waals surface area contributed by atoms with Crippen LogP contribution in [-0.2, 0) is 14.3 Å². The number of methoxy groups -OCH3 is 1. The summed E-state index contributed by atoms with van der Waals surface area (Å²) >= 11 is 3.42. The van der Waals surface area contributed by atoms with Gasteiger partial charge in [0.25, 0.3) is 0 Å². The lowest BCUT2D eigenvalue weighted by molar-refractivity contribution is -0.119. The number of carbonyl (C=O) groups excluding carboxylic acids is 2. The molecule has 142 valence electrons. The SMILES string of the molecule is COCC(=O)Nc1cccc(NC(=O)C2CC(c3ccc(Br)cc3)NN2)c1. The first-order valence-corrected chi connectivity index (χ1v) is 9.30. The first-order chi connectivity index (χ1) is 13.0. The molecule has 3 rings (SSSR count). The van der Waals surface area contributed by atoms with Gasteiger partial charge in [-0.3, -0.25) is 9.59 Å². The Labute approximate surface area is 166 Å². The highest BCUT2D eigenvalue weighted by Gasteiger charge is 2.30. The van der Waals surface area contributed by atoms with Crippen LogP contribution in [0.3, 0.4) is 0 Å². The smallest absolute Gasteiger partial charge is 0.250 e. The van der Waals surface area contributed by atoms with E-state index in [0.717, 1.165) is 10.0 Å². The fourth-order valence-corrected chi connectivity index (χ4v) is 3.14. The Morgan fingerprint density at radius 3 is 2.52 bits per heavy atom. The van der Waals surface area contributed by atoms with Crippen molar-refractivity contribution < 1.29 is 14.3 Å². The maximum Gasteiger partial charge on any atom is 0.250 e. The van der Waals surface area contributed by atoms with Gasteiger partial charge < -0.3 is 15.4 Å². The normalized spacial score (nSPS) is 18.9. The fraction of sp³-hybridized carbons (Fsp3) is 0.263. The van der Waals surface area contributed by atoms with Crippen LogP contribution in [0.25, 0.3) is 0 Å². The third-order valence-corrected chi connectivity index (χ3v) is 4.71. The number of anilines is 2. The molecule has 2 aromatic rings. The van der Waals surface area contributed by atoms with E-state index in [0.29, 0.717) is 17.8 Å². The summed E-state index contributed by atoms with van der Waals surface area (Å²) in [6.45, 7) is -0.0221. The van der Waals surface area contributed by atoms with E-state index in [-0.39, 0.29) is 30.5 Å². The number of halogens is 1. The number of hydrogen-bond acceptors (Lipinski definition) is 5. The maximum atomic E-state index is 12.6. The van der Waals surface area contributed by atoms with Crippen LogP contribution < -0.4 is 21.5 Å². The molecule has 8 heteroatoms. The molecular formula is C19H21BrN4O3. The summed E-state index contributed by atoms with van der Waals surface area (Å²) in [7, 11) is 1.46. The molecule has 2 aromatic carbocycles. The summed E-state index contributed by atoms with van der Waals surface area (Å²) in [5.74, 6) is -0.387. The van der Waals surface area contributed by atoms with E-state index >= 15 is 0 Å². The fourth-order valence-electron chi connectivity index (χ4n) is 2.87. The van der Waals surface area contributed by atoms with Crippen LogP contribution in [-0.4, -0.2) is 31.6 Å². The Kier molecular flexibility index (Phi) is 6.57. The Morgan fingerprint density at radius 2 is 1.81 bits per heavy atom. The number of rotatable bonds is 6. The average molecular weight is 433 g/mol. The van der Waals surface area contributed by atoms with Crippen LogP contribution >= 0.6 is 15.9 Å². The number of nitrogens with one attached hydrogen (secondary N) is 4. The van der Waals surface area contributed by atoms with Crippen molar-refractivity contribution in [3.8, 4) is 0 Å². The second-order valence-electron chi connectivity index (χ2n) is 6.23. The highest BCUT2D eigenvalue weighted by atomic mass is 79.9. The van der Waals surface area contributed by atoms with E-state index in [4.69, 9.17) is 4.74 Å². The first kappa shape index (κ1) is 19.5. The number of carbonyl (C=O) groups is 2. The van der Waals surface area contributed by atoms with Crippen LogP contribution in [0.4, 0.5) is 11.4 Å². The van der Waals surface area contributed by atoms with E-state index in [1.807, 2.05) is 24.3 Å². The lowest BCUT2D eigenvalue weighted by atomic mass is 10.0. The van der Waals surface area contributed by atoms with Crippen molar-refractivity contribution in [2.75, 3.05) is 24.4 Å². The molecule has 0 bridgehead atoms. The molecule has 0 aromatic heterocycles. The summed E-state index contributed by atoms with van der Waals surface area (Å²) in [5, 5.41) is 5.59. The molecule has 1 fully saturated rings. The van der Waals surface area contributed by atoms with Crippen molar-refractivity contribution >= 4 is 39.1 Å². The molecule has 0 radical (unpaired) electrons. The molecule has 7 nitrogen and oxygen atoms in total. The maximum absolute atomic E-state index is 12.6. The third-order valence-electron chi connectivity index (χ3n) is 4.18. The molecule has 2 amide bonds. The molecule has 0 saturated carbocycles. The molecule has 1 aliphatic rings. The average Bonchev–Trinajstić information content (AvgIpc) is 3.13. The number of amides is 2. The van der Waals surface area contributed by atoms with Crippen LogP contribution in [0.1, 0.15) is 18.0 Å². The molecule has 4 N–H and O–H groups in total. The van der Waals surface area contributed by atoms with Gasteiger partial charge >= 0.3 is 0 Å². The summed E-state index contributed by atoms with van der Waals surface area (Å²) < 4.78 is 5.81. The quantitative estimate of drug-likeness (QED) is 0.562. The van der Waals surface area contributed by atoms with Crippen molar-refractivity contribution in [3.63, 3.8) is 0 Å². The van der Waals surface area contributed by atoms with Crippen LogP contribution in [0.15, 0.2) is 53.0 Å². The number of benzene rings is 2. The lowest BCUT2D eigenvalue weighted by Crippen LogP contribution is -2.39. The molecule has 2 unspecified atom stereocenters. The molecule has 27 heavy (non-hydrogen) atoms. The summed E-state index contributed by atoms with van der Waals surface area (Å²) in [4.78, 5) is 24.2. The lowest BCUT2D eigenvalue weighted by Gasteiger charge is -2.12. The van der Waals surface area contributed by atoms with Crippen LogP contribution in [0, 0.1) is 0 Å². The van der Waals surface area contributed by atoms with Crippen molar-refractivity contribution in [2.24, 2.45) is 0 Å². The zero-order chi connectivity index (χ0) is 19.2. The van der Waals surface area contributed by atoms with Gasteiger partial charge in [0.15, 0.2) is 0 Å². The van der Waals surface area contributed by atoms with Crippen molar-refractivity contribution in [2.45, 2.75) is 18.5 Å². The summed E-state index contributed by atoms with van der Waals surface area (Å²) in [5.41, 5.74) is 8.53. The topological polar surface area (TPSA) is 91.5 Å². The minimum atomic E-state index is -0.356. The minimum absolute atomic E-state index is 0.0221. The van der Waals surface area contributed by atoms with Crippen molar-refractivity contribution in [1.82, 2.24) is 10.9 Å². The predicted molar refractivity (Wildman–Crippen MR) is 107 cm³/mol. The largest absolute Gasteiger partial charge is 0.375 e. The van der Waals surface area contributed by atoms with E-state index in [1.165, 1.54) is 7.11 Å². The van der Waals surface area contributed by atoms with Gasteiger partial charge in [0.05, 0.1) is 0 Å². The Hall–Kier alpha value is -2.26. The van der Waals surface area contributed by atoms with Crippen molar-refractivity contribution in [1.29, 1.82) is 0 Å². The molecule has 0 spiro atoms. The Bertz CT molecular complexity index is 813. The van der Waals surface area contributed by atoms with E-state index in [2.05, 4.69) is 37.4 Å². The van der Waals surface area contributed by atoms with Crippen molar-refractivity contribution in [3.05, 3.63) is 58.6 Å². The Balaban J connectivity index is 1.57. The van der Waals surface area contributed by atoms with Crippen LogP contribution in [0.5, 0.6) is 0 Å². The van der Waals surface area contributed by atoms with Gasteiger partial charge in [-0.05, 0) is 42.3 Å². The third kappa shape index (κ3) is 5.36. The predicted octanol–water partition coefficient (Wildman–Crippen LogP) is 2.58. The summed E-state index contributed by atoms with van der Waals surface area (Å²) in [6.07, 6.45) is 0.637. The second-order valence-corrected chi connectivity index (χ2v) is 7.15. The van der Waals surface area contributed by atoms with Gasteiger partial charge in [-0.2, -0.15) is 0 Å². The standard InChI is InChI=1S/C19H21BrN4O3/c1-27-11-18(25)21-14-3-2-4-15(9-14)22-19(26)17-10-16(23-24-17)12-5-7-13(20)8-6-12/h2-9,16-17,23-24H,10-11H2,1H3,(H,21,25)(H,22,26). The zero-order valence-electron chi connectivity index (χ0n) is 14.8.